The Bertz CT molecular complexity index is 654. The minimum absolute atomic E-state index is 0.00780. The summed E-state index contributed by atoms with van der Waals surface area (Å²) in [5, 5.41) is 2.61. The van der Waals surface area contributed by atoms with Crippen LogP contribution in [0, 0.1) is 0 Å². The Morgan fingerprint density at radius 1 is 1.48 bits per heavy atom. The Morgan fingerprint density at radius 3 is 2.90 bits per heavy atom. The van der Waals surface area contributed by atoms with Crippen LogP contribution in [0.25, 0.3) is 0 Å². The second-order valence-electron chi connectivity index (χ2n) is 5.12. The third-order valence-electron chi connectivity index (χ3n) is 3.44. The monoisotopic (exact) mass is 365 g/mol. The summed E-state index contributed by atoms with van der Waals surface area (Å²) in [6.45, 7) is 1.01. The molecule has 6 heteroatoms. The second kappa shape index (κ2) is 6.25. The van der Waals surface area contributed by atoms with Crippen molar-refractivity contribution in [2.75, 3.05) is 0 Å². The molecule has 0 saturated heterocycles. The van der Waals surface area contributed by atoms with Crippen LogP contribution in [-0.4, -0.2) is 21.8 Å². The smallest absolute Gasteiger partial charge is 0.273 e. The molecule has 0 spiro atoms. The quantitative estimate of drug-likeness (QED) is 0.884. The van der Waals surface area contributed by atoms with Gasteiger partial charge in [-0.2, -0.15) is 0 Å². The molecule has 0 aliphatic heterocycles. The Kier molecular flexibility index (Phi) is 4.37. The van der Waals surface area contributed by atoms with E-state index in [-0.39, 0.29) is 5.91 Å². The van der Waals surface area contributed by atoms with Crippen LogP contribution >= 0.6 is 27.3 Å². The van der Waals surface area contributed by atoms with Crippen LogP contribution in [0.4, 0.5) is 0 Å². The van der Waals surface area contributed by atoms with Crippen molar-refractivity contribution in [1.82, 2.24) is 9.88 Å². The van der Waals surface area contributed by atoms with Gasteiger partial charge in [0.15, 0.2) is 0 Å². The lowest BCUT2D eigenvalue weighted by atomic mass is 10.2. The van der Waals surface area contributed by atoms with Crippen molar-refractivity contribution in [2.45, 2.75) is 32.0 Å². The van der Waals surface area contributed by atoms with Gasteiger partial charge in [0.05, 0.1) is 0 Å². The highest BCUT2D eigenvalue weighted by molar-refractivity contribution is 9.10. The van der Waals surface area contributed by atoms with Crippen LogP contribution in [0.1, 0.15) is 33.9 Å². The minimum atomic E-state index is 0.00780. The van der Waals surface area contributed by atoms with Gasteiger partial charge in [-0.25, -0.2) is 4.98 Å². The van der Waals surface area contributed by atoms with Crippen LogP contribution in [0.3, 0.4) is 0 Å². The van der Waals surface area contributed by atoms with Crippen molar-refractivity contribution in [2.24, 2.45) is 5.73 Å². The summed E-state index contributed by atoms with van der Waals surface area (Å²) in [5.41, 5.74) is 7.21. The maximum absolute atomic E-state index is 12.7. The van der Waals surface area contributed by atoms with Crippen LogP contribution in [-0.2, 0) is 13.1 Å². The first-order chi connectivity index (χ1) is 10.2. The highest BCUT2D eigenvalue weighted by Crippen LogP contribution is 2.30. The second-order valence-corrected chi connectivity index (χ2v) is 6.98. The van der Waals surface area contributed by atoms with Crippen molar-refractivity contribution in [3.8, 4) is 0 Å². The van der Waals surface area contributed by atoms with Gasteiger partial charge in [-0.3, -0.25) is 4.79 Å². The number of amides is 1. The number of hydrogen-bond acceptors (Lipinski definition) is 4. The third-order valence-corrected chi connectivity index (χ3v) is 4.80. The molecule has 2 N–H and O–H groups in total. The van der Waals surface area contributed by atoms with Gasteiger partial charge in [0, 0.05) is 29.0 Å². The van der Waals surface area contributed by atoms with Crippen molar-refractivity contribution in [3.05, 3.63) is 50.4 Å². The molecule has 1 amide bonds. The van der Waals surface area contributed by atoms with Crippen LogP contribution in [0.2, 0.25) is 0 Å². The molecule has 1 aromatic heterocycles. The van der Waals surface area contributed by atoms with Gasteiger partial charge in [0.25, 0.3) is 5.91 Å². The molecule has 21 heavy (non-hydrogen) atoms. The Morgan fingerprint density at radius 2 is 2.29 bits per heavy atom. The van der Waals surface area contributed by atoms with Gasteiger partial charge in [0.2, 0.25) is 0 Å². The number of benzene rings is 1. The molecule has 0 unspecified atom stereocenters. The molecule has 1 aliphatic carbocycles. The molecule has 1 saturated carbocycles. The fourth-order valence-corrected chi connectivity index (χ4v) is 3.33. The van der Waals surface area contributed by atoms with Crippen molar-refractivity contribution >= 4 is 33.2 Å². The summed E-state index contributed by atoms with van der Waals surface area (Å²) >= 11 is 4.92. The molecule has 1 heterocycles. The normalized spacial score (nSPS) is 14.2. The fourth-order valence-electron chi connectivity index (χ4n) is 2.23. The van der Waals surface area contributed by atoms with Crippen LogP contribution < -0.4 is 5.73 Å². The Hall–Kier alpha value is -1.24. The van der Waals surface area contributed by atoms with Crippen LogP contribution in [0.15, 0.2) is 34.1 Å². The third kappa shape index (κ3) is 3.51. The molecule has 2 aromatic rings. The van der Waals surface area contributed by atoms with E-state index in [9.17, 15) is 4.79 Å². The first-order valence-corrected chi connectivity index (χ1v) is 8.54. The predicted octanol–water partition coefficient (Wildman–Crippen LogP) is 3.17. The van der Waals surface area contributed by atoms with Gasteiger partial charge in [-0.05, 0) is 30.5 Å². The lowest BCUT2D eigenvalue weighted by molar-refractivity contribution is 0.0724. The molecule has 3 rings (SSSR count). The minimum Gasteiger partial charge on any atom is -0.330 e. The first-order valence-electron chi connectivity index (χ1n) is 6.87. The average molecular weight is 366 g/mol. The van der Waals surface area contributed by atoms with Crippen molar-refractivity contribution in [3.63, 3.8) is 0 Å². The molecule has 0 atom stereocenters. The zero-order valence-electron chi connectivity index (χ0n) is 11.5. The van der Waals surface area contributed by atoms with E-state index in [0.717, 1.165) is 27.9 Å². The number of carbonyl (C=O) groups is 1. The summed E-state index contributed by atoms with van der Waals surface area (Å²) < 4.78 is 1.03. The summed E-state index contributed by atoms with van der Waals surface area (Å²) in [7, 11) is 0. The SMILES string of the molecule is NCc1nc(C(=O)N(Cc2cccc(Br)c2)C2CC2)cs1. The molecule has 1 aromatic carbocycles. The van der Waals surface area contributed by atoms with E-state index in [1.165, 1.54) is 11.3 Å². The standard InChI is InChI=1S/C15H16BrN3OS/c16-11-3-1-2-10(6-11)8-19(12-4-5-12)15(20)13-9-21-14(7-17)18-13/h1-3,6,9,12H,4-5,7-8,17H2. The topological polar surface area (TPSA) is 59.2 Å². The average Bonchev–Trinajstić information content (AvgIpc) is 3.20. The Balaban J connectivity index is 1.79. The van der Waals surface area contributed by atoms with Crippen molar-refractivity contribution in [1.29, 1.82) is 0 Å². The molecule has 0 bridgehead atoms. The zero-order chi connectivity index (χ0) is 14.8. The van der Waals surface area contributed by atoms with E-state index >= 15 is 0 Å². The summed E-state index contributed by atoms with van der Waals surface area (Å²) in [5.74, 6) is 0.00780. The van der Waals surface area contributed by atoms with Crippen LogP contribution in [0.5, 0.6) is 0 Å². The van der Waals surface area contributed by atoms with Gasteiger partial charge in [-0.15, -0.1) is 11.3 Å². The highest BCUT2D eigenvalue weighted by Gasteiger charge is 2.33. The highest BCUT2D eigenvalue weighted by atomic mass is 79.9. The van der Waals surface area contributed by atoms with E-state index in [0.29, 0.717) is 24.8 Å². The number of hydrogen-bond donors (Lipinski definition) is 1. The number of nitrogens with zero attached hydrogens (tertiary/aromatic N) is 2. The largest absolute Gasteiger partial charge is 0.330 e. The van der Waals surface area contributed by atoms with E-state index in [1.54, 1.807) is 5.38 Å². The maximum Gasteiger partial charge on any atom is 0.273 e. The lowest BCUT2D eigenvalue weighted by Gasteiger charge is -2.21. The van der Waals surface area contributed by atoms with E-state index in [1.807, 2.05) is 23.1 Å². The van der Waals surface area contributed by atoms with Crippen molar-refractivity contribution < 1.29 is 4.79 Å². The zero-order valence-corrected chi connectivity index (χ0v) is 13.9. The molecular formula is C15H16BrN3OS. The number of aromatic nitrogens is 1. The summed E-state index contributed by atoms with van der Waals surface area (Å²) in [4.78, 5) is 18.9. The van der Waals surface area contributed by atoms with E-state index in [4.69, 9.17) is 5.73 Å². The number of rotatable bonds is 5. The Labute approximate surface area is 136 Å². The van der Waals surface area contributed by atoms with Gasteiger partial charge in [0.1, 0.15) is 10.7 Å². The molecule has 110 valence electrons. The first kappa shape index (κ1) is 14.7. The molecule has 4 nitrogen and oxygen atoms in total. The predicted molar refractivity (Wildman–Crippen MR) is 87.0 cm³/mol. The maximum atomic E-state index is 12.7. The lowest BCUT2D eigenvalue weighted by Crippen LogP contribution is -2.32. The number of thiazole rings is 1. The molecule has 1 aliphatic rings. The van der Waals surface area contributed by atoms with Gasteiger partial charge < -0.3 is 10.6 Å². The van der Waals surface area contributed by atoms with Gasteiger partial charge >= 0.3 is 0 Å². The van der Waals surface area contributed by atoms with E-state index < -0.39 is 0 Å². The molecule has 1 fully saturated rings. The molecular weight excluding hydrogens is 350 g/mol. The summed E-state index contributed by atoms with van der Waals surface area (Å²) in [6, 6.07) is 8.42. The van der Waals surface area contributed by atoms with E-state index in [2.05, 4.69) is 27.0 Å². The number of nitrogens with two attached hydrogens (primary N) is 1. The summed E-state index contributed by atoms with van der Waals surface area (Å²) in [6.07, 6.45) is 2.15. The van der Waals surface area contributed by atoms with Gasteiger partial charge in [-0.1, -0.05) is 28.1 Å². The molecule has 0 radical (unpaired) electrons. The fraction of sp³-hybridized carbons (Fsp3) is 0.333. The number of carbonyl (C=O) groups excluding carboxylic acids is 1. The number of halogens is 1.